The first-order valence-corrected chi connectivity index (χ1v) is 5.09. The highest BCUT2D eigenvalue weighted by molar-refractivity contribution is 5.60. The largest absolute Gasteiger partial charge is 0.357 e. The van der Waals surface area contributed by atoms with E-state index in [0.29, 0.717) is 17.2 Å². The summed E-state index contributed by atoms with van der Waals surface area (Å²) < 4.78 is 25.9. The molecule has 1 aromatic carbocycles. The zero-order valence-corrected chi connectivity index (χ0v) is 9.46. The Bertz CT molecular complexity index is 555. The Kier molecular flexibility index (Phi) is 2.99. The number of rotatable bonds is 2. The van der Waals surface area contributed by atoms with Gasteiger partial charge in [0.25, 0.3) is 0 Å². The van der Waals surface area contributed by atoms with Gasteiger partial charge in [-0.1, -0.05) is 0 Å². The molecule has 0 bridgehead atoms. The van der Waals surface area contributed by atoms with Crippen molar-refractivity contribution >= 4 is 5.95 Å². The van der Waals surface area contributed by atoms with Crippen LogP contribution in [0.4, 0.5) is 14.7 Å². The molecule has 88 valence electrons. The molecule has 3 nitrogen and oxygen atoms in total. The second-order valence-corrected chi connectivity index (χ2v) is 3.60. The van der Waals surface area contributed by atoms with Crippen molar-refractivity contribution in [3.63, 3.8) is 0 Å². The third-order valence-electron chi connectivity index (χ3n) is 2.29. The molecule has 17 heavy (non-hydrogen) atoms. The van der Waals surface area contributed by atoms with E-state index in [2.05, 4.69) is 15.3 Å². The quantitative estimate of drug-likeness (QED) is 0.869. The predicted molar refractivity (Wildman–Crippen MR) is 61.7 cm³/mol. The topological polar surface area (TPSA) is 37.8 Å². The van der Waals surface area contributed by atoms with Crippen molar-refractivity contribution in [2.75, 3.05) is 12.4 Å². The van der Waals surface area contributed by atoms with E-state index >= 15 is 0 Å². The van der Waals surface area contributed by atoms with E-state index in [-0.39, 0.29) is 0 Å². The minimum absolute atomic E-state index is 0.449. The molecule has 0 fully saturated rings. The summed E-state index contributed by atoms with van der Waals surface area (Å²) in [6, 6.07) is 5.41. The number of nitrogens with zero attached hydrogens (tertiary/aromatic N) is 2. The maximum atomic E-state index is 13.1. The van der Waals surface area contributed by atoms with E-state index in [9.17, 15) is 8.78 Å². The van der Waals surface area contributed by atoms with Crippen LogP contribution in [-0.2, 0) is 0 Å². The summed E-state index contributed by atoms with van der Waals surface area (Å²) >= 11 is 0. The minimum atomic E-state index is -0.884. The van der Waals surface area contributed by atoms with Crippen molar-refractivity contribution in [3.05, 3.63) is 41.6 Å². The summed E-state index contributed by atoms with van der Waals surface area (Å²) in [5, 5.41) is 2.81. The van der Waals surface area contributed by atoms with Gasteiger partial charge < -0.3 is 5.32 Å². The zero-order valence-electron chi connectivity index (χ0n) is 9.46. The normalized spacial score (nSPS) is 10.4. The highest BCUT2D eigenvalue weighted by Crippen LogP contribution is 2.21. The van der Waals surface area contributed by atoms with Gasteiger partial charge >= 0.3 is 0 Å². The van der Waals surface area contributed by atoms with Crippen molar-refractivity contribution in [1.82, 2.24) is 9.97 Å². The third kappa shape index (κ3) is 2.38. The van der Waals surface area contributed by atoms with Crippen molar-refractivity contribution < 1.29 is 8.78 Å². The predicted octanol–water partition coefficient (Wildman–Crippen LogP) is 2.77. The van der Waals surface area contributed by atoms with Gasteiger partial charge in [-0.2, -0.15) is 0 Å². The standard InChI is InChI=1S/C12H11F2N3/c1-7-5-11(17-12(15-2)16-7)8-3-4-9(13)10(14)6-8/h3-6H,1-2H3,(H,15,16,17). The van der Waals surface area contributed by atoms with E-state index in [0.717, 1.165) is 17.8 Å². The van der Waals surface area contributed by atoms with E-state index in [4.69, 9.17) is 0 Å². The molecule has 0 aliphatic carbocycles. The van der Waals surface area contributed by atoms with Crippen LogP contribution in [0.2, 0.25) is 0 Å². The molecule has 5 heteroatoms. The van der Waals surface area contributed by atoms with Gasteiger partial charge in [-0.25, -0.2) is 18.7 Å². The fourth-order valence-electron chi connectivity index (χ4n) is 1.48. The monoisotopic (exact) mass is 235 g/mol. The lowest BCUT2D eigenvalue weighted by Gasteiger charge is -2.05. The molecule has 0 spiro atoms. The van der Waals surface area contributed by atoms with Gasteiger partial charge in [-0.15, -0.1) is 0 Å². The number of benzene rings is 1. The minimum Gasteiger partial charge on any atom is -0.357 e. The molecule has 1 N–H and O–H groups in total. The van der Waals surface area contributed by atoms with Gasteiger partial charge in [0.2, 0.25) is 5.95 Å². The molecule has 1 aromatic heterocycles. The van der Waals surface area contributed by atoms with Gasteiger partial charge in [0.05, 0.1) is 5.69 Å². The lowest BCUT2D eigenvalue weighted by atomic mass is 10.1. The first kappa shape index (κ1) is 11.4. The lowest BCUT2D eigenvalue weighted by Crippen LogP contribution is -1.99. The summed E-state index contributed by atoms with van der Waals surface area (Å²) in [6.45, 7) is 1.81. The molecule has 0 aliphatic heterocycles. The zero-order chi connectivity index (χ0) is 12.4. The Morgan fingerprint density at radius 1 is 1.06 bits per heavy atom. The Morgan fingerprint density at radius 2 is 1.82 bits per heavy atom. The summed E-state index contributed by atoms with van der Waals surface area (Å²) in [6.07, 6.45) is 0. The molecule has 2 rings (SSSR count). The first-order chi connectivity index (χ1) is 8.10. The molecule has 0 unspecified atom stereocenters. The molecule has 0 atom stereocenters. The Hall–Kier alpha value is -2.04. The molecular formula is C12H11F2N3. The summed E-state index contributed by atoms with van der Waals surface area (Å²) in [7, 11) is 1.70. The lowest BCUT2D eigenvalue weighted by molar-refractivity contribution is 0.509. The molecule has 0 radical (unpaired) electrons. The Balaban J connectivity index is 2.52. The van der Waals surface area contributed by atoms with E-state index in [1.807, 2.05) is 6.92 Å². The van der Waals surface area contributed by atoms with Gasteiger partial charge in [0.1, 0.15) is 0 Å². The van der Waals surface area contributed by atoms with Gasteiger partial charge in [0, 0.05) is 18.3 Å². The Morgan fingerprint density at radius 3 is 2.47 bits per heavy atom. The number of hydrogen-bond donors (Lipinski definition) is 1. The van der Waals surface area contributed by atoms with E-state index < -0.39 is 11.6 Å². The van der Waals surface area contributed by atoms with Crippen molar-refractivity contribution in [1.29, 1.82) is 0 Å². The average molecular weight is 235 g/mol. The number of aromatic nitrogens is 2. The molecule has 0 amide bonds. The number of anilines is 1. The molecule has 0 saturated heterocycles. The SMILES string of the molecule is CNc1nc(C)cc(-c2ccc(F)c(F)c2)n1. The smallest absolute Gasteiger partial charge is 0.223 e. The fourth-order valence-corrected chi connectivity index (χ4v) is 1.48. The van der Waals surface area contributed by atoms with Crippen LogP contribution in [-0.4, -0.2) is 17.0 Å². The molecule has 0 aliphatic rings. The van der Waals surface area contributed by atoms with Crippen molar-refractivity contribution in [2.24, 2.45) is 0 Å². The molecule has 1 heterocycles. The van der Waals surface area contributed by atoms with Crippen LogP contribution in [0.3, 0.4) is 0 Å². The highest BCUT2D eigenvalue weighted by atomic mass is 19.2. The number of nitrogens with one attached hydrogen (secondary N) is 1. The second kappa shape index (κ2) is 4.45. The van der Waals surface area contributed by atoms with Crippen LogP contribution in [0.1, 0.15) is 5.69 Å². The summed E-state index contributed by atoms with van der Waals surface area (Å²) in [4.78, 5) is 8.31. The fraction of sp³-hybridized carbons (Fsp3) is 0.167. The van der Waals surface area contributed by atoms with Crippen LogP contribution in [0.15, 0.2) is 24.3 Å². The summed E-state index contributed by atoms with van der Waals surface area (Å²) in [5.74, 6) is -1.30. The van der Waals surface area contributed by atoms with Gasteiger partial charge in [0.15, 0.2) is 11.6 Å². The maximum Gasteiger partial charge on any atom is 0.223 e. The van der Waals surface area contributed by atoms with Crippen LogP contribution in [0.5, 0.6) is 0 Å². The van der Waals surface area contributed by atoms with Gasteiger partial charge in [-0.05, 0) is 31.2 Å². The third-order valence-corrected chi connectivity index (χ3v) is 2.29. The number of halogens is 2. The molecule has 2 aromatic rings. The second-order valence-electron chi connectivity index (χ2n) is 3.60. The van der Waals surface area contributed by atoms with E-state index in [1.54, 1.807) is 13.1 Å². The number of hydrogen-bond acceptors (Lipinski definition) is 3. The van der Waals surface area contributed by atoms with E-state index in [1.165, 1.54) is 6.07 Å². The van der Waals surface area contributed by atoms with Crippen molar-refractivity contribution in [3.8, 4) is 11.3 Å². The van der Waals surface area contributed by atoms with Gasteiger partial charge in [-0.3, -0.25) is 0 Å². The first-order valence-electron chi connectivity index (χ1n) is 5.09. The maximum absolute atomic E-state index is 13.1. The van der Waals surface area contributed by atoms with Crippen LogP contribution < -0.4 is 5.32 Å². The highest BCUT2D eigenvalue weighted by Gasteiger charge is 2.07. The van der Waals surface area contributed by atoms with Crippen LogP contribution in [0.25, 0.3) is 11.3 Å². The van der Waals surface area contributed by atoms with Crippen molar-refractivity contribution in [2.45, 2.75) is 6.92 Å². The Labute approximate surface area is 97.5 Å². The molecular weight excluding hydrogens is 224 g/mol. The summed E-state index contributed by atoms with van der Waals surface area (Å²) in [5.41, 5.74) is 1.83. The van der Waals surface area contributed by atoms with Crippen LogP contribution in [0, 0.1) is 18.6 Å². The molecule has 0 saturated carbocycles. The average Bonchev–Trinajstić information content (AvgIpc) is 2.32. The number of aryl methyl sites for hydroxylation is 1. The van der Waals surface area contributed by atoms with Crippen LogP contribution >= 0.6 is 0 Å².